The molecule has 0 radical (unpaired) electrons. The van der Waals surface area contributed by atoms with Gasteiger partial charge in [-0.25, -0.2) is 4.98 Å². The van der Waals surface area contributed by atoms with Crippen molar-refractivity contribution in [2.75, 3.05) is 7.11 Å². The molecule has 1 aromatic heterocycles. The van der Waals surface area contributed by atoms with Crippen LogP contribution in [0.4, 0.5) is 0 Å². The van der Waals surface area contributed by atoms with E-state index in [9.17, 15) is 5.11 Å². The van der Waals surface area contributed by atoms with Gasteiger partial charge in [-0.3, -0.25) is 0 Å². The number of aliphatic hydroxyl groups is 1. The lowest BCUT2D eigenvalue weighted by atomic mass is 10.1. The van der Waals surface area contributed by atoms with Crippen LogP contribution in [-0.2, 0) is 6.61 Å². The minimum atomic E-state index is -0.501. The van der Waals surface area contributed by atoms with Crippen LogP contribution in [0, 0.1) is 0 Å². The number of aromatic nitrogens is 1. The molecule has 0 saturated carbocycles. The van der Waals surface area contributed by atoms with Gasteiger partial charge in [-0.1, -0.05) is 18.2 Å². The van der Waals surface area contributed by atoms with E-state index >= 15 is 0 Å². The van der Waals surface area contributed by atoms with Gasteiger partial charge >= 0.3 is 0 Å². The molecule has 1 atom stereocenters. The molecule has 4 heteroatoms. The van der Waals surface area contributed by atoms with Crippen LogP contribution in [0.3, 0.4) is 0 Å². The summed E-state index contributed by atoms with van der Waals surface area (Å²) in [6, 6.07) is 12.9. The zero-order chi connectivity index (χ0) is 13.7. The van der Waals surface area contributed by atoms with Crippen LogP contribution in [0.2, 0.25) is 0 Å². The summed E-state index contributed by atoms with van der Waals surface area (Å²) in [5.74, 6) is 1.28. The van der Waals surface area contributed by atoms with Crippen molar-refractivity contribution in [2.24, 2.45) is 0 Å². The fraction of sp³-hybridized carbons (Fsp3) is 0.267. The van der Waals surface area contributed by atoms with Gasteiger partial charge in [-0.15, -0.1) is 0 Å². The van der Waals surface area contributed by atoms with Crippen molar-refractivity contribution in [1.29, 1.82) is 0 Å². The molecule has 1 aromatic carbocycles. The van der Waals surface area contributed by atoms with Crippen molar-refractivity contribution in [3.63, 3.8) is 0 Å². The lowest BCUT2D eigenvalue weighted by molar-refractivity contribution is 0.198. The minimum absolute atomic E-state index is 0.362. The van der Waals surface area contributed by atoms with Crippen LogP contribution in [0.25, 0.3) is 0 Å². The van der Waals surface area contributed by atoms with Gasteiger partial charge in [0.2, 0.25) is 5.88 Å². The summed E-state index contributed by atoms with van der Waals surface area (Å²) in [6.07, 6.45) is -0.501. The lowest BCUT2D eigenvalue weighted by Crippen LogP contribution is -2.00. The van der Waals surface area contributed by atoms with Crippen molar-refractivity contribution in [3.8, 4) is 11.6 Å². The van der Waals surface area contributed by atoms with Crippen LogP contribution in [0.15, 0.2) is 42.5 Å². The Hall–Kier alpha value is -2.07. The van der Waals surface area contributed by atoms with Crippen LogP contribution in [-0.4, -0.2) is 17.2 Å². The quantitative estimate of drug-likeness (QED) is 0.897. The van der Waals surface area contributed by atoms with Gasteiger partial charge in [0, 0.05) is 6.07 Å². The Kier molecular flexibility index (Phi) is 4.36. The third kappa shape index (κ3) is 3.69. The van der Waals surface area contributed by atoms with Gasteiger partial charge in [0.25, 0.3) is 0 Å². The molecular weight excluding hydrogens is 242 g/mol. The molecule has 4 nitrogen and oxygen atoms in total. The number of aliphatic hydroxyl groups excluding tert-OH is 1. The first kappa shape index (κ1) is 13.4. The van der Waals surface area contributed by atoms with Crippen molar-refractivity contribution in [2.45, 2.75) is 19.6 Å². The molecular formula is C15H17NO3. The molecule has 0 unspecified atom stereocenters. The first-order valence-corrected chi connectivity index (χ1v) is 6.10. The average molecular weight is 259 g/mol. The van der Waals surface area contributed by atoms with E-state index in [0.717, 1.165) is 11.3 Å². The summed E-state index contributed by atoms with van der Waals surface area (Å²) in [5.41, 5.74) is 1.62. The summed E-state index contributed by atoms with van der Waals surface area (Å²) >= 11 is 0. The molecule has 0 aliphatic rings. The topological polar surface area (TPSA) is 51.6 Å². The SMILES string of the molecule is COc1cccc(COc2cccc([C@@H](C)O)c2)n1. The molecule has 2 aromatic rings. The molecule has 2 rings (SSSR count). The standard InChI is InChI=1S/C15H17NO3/c1-11(17)12-5-3-7-14(9-12)19-10-13-6-4-8-15(16-13)18-2/h3-9,11,17H,10H2,1-2H3/t11-/m1/s1. The Labute approximate surface area is 112 Å². The average Bonchev–Trinajstić information content (AvgIpc) is 2.45. The van der Waals surface area contributed by atoms with Gasteiger partial charge < -0.3 is 14.6 Å². The minimum Gasteiger partial charge on any atom is -0.487 e. The highest BCUT2D eigenvalue weighted by atomic mass is 16.5. The van der Waals surface area contributed by atoms with E-state index in [1.165, 1.54) is 0 Å². The predicted molar refractivity (Wildman–Crippen MR) is 72.2 cm³/mol. The van der Waals surface area contributed by atoms with E-state index in [2.05, 4.69) is 4.98 Å². The monoisotopic (exact) mass is 259 g/mol. The summed E-state index contributed by atoms with van der Waals surface area (Å²) in [6.45, 7) is 2.09. The number of methoxy groups -OCH3 is 1. The zero-order valence-electron chi connectivity index (χ0n) is 11.0. The largest absolute Gasteiger partial charge is 0.487 e. The van der Waals surface area contributed by atoms with E-state index in [-0.39, 0.29) is 0 Å². The van der Waals surface area contributed by atoms with E-state index in [1.807, 2.05) is 36.4 Å². The molecule has 0 spiro atoms. The second-order valence-corrected chi connectivity index (χ2v) is 4.21. The maximum Gasteiger partial charge on any atom is 0.213 e. The number of hydrogen-bond donors (Lipinski definition) is 1. The number of benzene rings is 1. The molecule has 0 aliphatic heterocycles. The molecule has 1 heterocycles. The highest BCUT2D eigenvalue weighted by Crippen LogP contribution is 2.19. The predicted octanol–water partition coefficient (Wildman–Crippen LogP) is 2.72. The third-order valence-corrected chi connectivity index (χ3v) is 2.72. The second-order valence-electron chi connectivity index (χ2n) is 4.21. The van der Waals surface area contributed by atoms with Crippen molar-refractivity contribution in [3.05, 3.63) is 53.7 Å². The van der Waals surface area contributed by atoms with Crippen molar-refractivity contribution in [1.82, 2.24) is 4.98 Å². The highest BCUT2D eigenvalue weighted by molar-refractivity contribution is 5.29. The Morgan fingerprint density at radius 2 is 2.00 bits per heavy atom. The van der Waals surface area contributed by atoms with E-state index in [0.29, 0.717) is 18.2 Å². The zero-order valence-corrected chi connectivity index (χ0v) is 11.0. The van der Waals surface area contributed by atoms with Gasteiger partial charge in [0.05, 0.1) is 18.9 Å². The first-order chi connectivity index (χ1) is 9.19. The summed E-state index contributed by atoms with van der Waals surface area (Å²) in [7, 11) is 1.58. The maximum absolute atomic E-state index is 9.52. The highest BCUT2D eigenvalue weighted by Gasteiger charge is 2.03. The van der Waals surface area contributed by atoms with Gasteiger partial charge in [0.1, 0.15) is 12.4 Å². The van der Waals surface area contributed by atoms with Crippen LogP contribution >= 0.6 is 0 Å². The summed E-state index contributed by atoms with van der Waals surface area (Å²) < 4.78 is 10.7. The molecule has 0 saturated heterocycles. The lowest BCUT2D eigenvalue weighted by Gasteiger charge is -2.09. The van der Waals surface area contributed by atoms with Crippen LogP contribution in [0.5, 0.6) is 11.6 Å². The van der Waals surface area contributed by atoms with Gasteiger partial charge in [-0.2, -0.15) is 0 Å². The molecule has 100 valence electrons. The number of ether oxygens (including phenoxy) is 2. The number of hydrogen-bond acceptors (Lipinski definition) is 4. The van der Waals surface area contributed by atoms with E-state index < -0.39 is 6.10 Å². The fourth-order valence-electron chi connectivity index (χ4n) is 1.67. The molecule has 0 amide bonds. The van der Waals surface area contributed by atoms with E-state index in [1.54, 1.807) is 20.1 Å². The normalized spacial score (nSPS) is 11.9. The number of rotatable bonds is 5. The molecule has 1 N–H and O–H groups in total. The fourth-order valence-corrected chi connectivity index (χ4v) is 1.67. The number of nitrogens with zero attached hydrogens (tertiary/aromatic N) is 1. The summed E-state index contributed by atoms with van der Waals surface area (Å²) in [4.78, 5) is 4.27. The Bertz CT molecular complexity index is 540. The molecule has 0 fully saturated rings. The Morgan fingerprint density at radius 1 is 1.21 bits per heavy atom. The van der Waals surface area contributed by atoms with Gasteiger partial charge in [-0.05, 0) is 30.7 Å². The Balaban J connectivity index is 2.03. The molecule has 0 aliphatic carbocycles. The molecule has 0 bridgehead atoms. The molecule has 19 heavy (non-hydrogen) atoms. The number of pyridine rings is 1. The van der Waals surface area contributed by atoms with E-state index in [4.69, 9.17) is 9.47 Å². The first-order valence-electron chi connectivity index (χ1n) is 6.10. The second kappa shape index (κ2) is 6.20. The summed E-state index contributed by atoms with van der Waals surface area (Å²) in [5, 5.41) is 9.52. The maximum atomic E-state index is 9.52. The van der Waals surface area contributed by atoms with Crippen LogP contribution in [0.1, 0.15) is 24.3 Å². The third-order valence-electron chi connectivity index (χ3n) is 2.72. The van der Waals surface area contributed by atoms with Gasteiger partial charge in [0.15, 0.2) is 0 Å². The van der Waals surface area contributed by atoms with Crippen LogP contribution < -0.4 is 9.47 Å². The van der Waals surface area contributed by atoms with Crippen molar-refractivity contribution < 1.29 is 14.6 Å². The van der Waals surface area contributed by atoms with Crippen molar-refractivity contribution >= 4 is 0 Å². The smallest absolute Gasteiger partial charge is 0.213 e. The Morgan fingerprint density at radius 3 is 2.74 bits per heavy atom.